The van der Waals surface area contributed by atoms with Crippen molar-refractivity contribution >= 4 is 16.0 Å². The summed E-state index contributed by atoms with van der Waals surface area (Å²) in [6.45, 7) is 1.75. The van der Waals surface area contributed by atoms with E-state index in [0.717, 1.165) is 5.69 Å². The molecule has 0 bridgehead atoms. The maximum Gasteiger partial charge on any atom is 0.297 e. The van der Waals surface area contributed by atoms with Crippen LogP contribution in [0.2, 0.25) is 0 Å². The van der Waals surface area contributed by atoms with Gasteiger partial charge in [-0.05, 0) is 6.92 Å². The van der Waals surface area contributed by atoms with Crippen LogP contribution in [0.4, 0.5) is 5.82 Å². The molecule has 0 aromatic carbocycles. The number of hydrogen-bond acceptors (Lipinski definition) is 3. The quantitative estimate of drug-likeness (QED) is 0.557. The molecule has 0 saturated heterocycles. The fourth-order valence-corrected chi connectivity index (χ4v) is 1.01. The average Bonchev–Trinajstić information content (AvgIpc) is 2.10. The van der Waals surface area contributed by atoms with Gasteiger partial charge in [-0.2, -0.15) is 13.5 Å². The summed E-state index contributed by atoms with van der Waals surface area (Å²) in [4.78, 5) is 0. The molecular weight excluding hydrogens is 168 g/mol. The van der Waals surface area contributed by atoms with E-state index in [2.05, 4.69) is 15.3 Å². The number of nitrogens with one attached hydrogen (secondary N) is 2. The van der Waals surface area contributed by atoms with Crippen molar-refractivity contribution in [1.82, 2.24) is 10.2 Å². The van der Waals surface area contributed by atoms with Crippen molar-refractivity contribution in [2.45, 2.75) is 6.92 Å². The summed E-state index contributed by atoms with van der Waals surface area (Å²) in [5.74, 6) is 0.199. The molecule has 0 saturated carbocycles. The van der Waals surface area contributed by atoms with Gasteiger partial charge in [-0.15, -0.1) is 0 Å². The summed E-state index contributed by atoms with van der Waals surface area (Å²) in [5, 5.41) is 10.8. The van der Waals surface area contributed by atoms with Gasteiger partial charge < -0.3 is 0 Å². The molecule has 0 atom stereocenters. The molecule has 11 heavy (non-hydrogen) atoms. The van der Waals surface area contributed by atoms with E-state index in [1.54, 1.807) is 6.92 Å². The van der Waals surface area contributed by atoms with Crippen molar-refractivity contribution < 1.29 is 8.42 Å². The first-order valence-corrected chi connectivity index (χ1v) is 4.34. The van der Waals surface area contributed by atoms with E-state index < -0.39 is 10.2 Å². The molecule has 1 aromatic heterocycles. The fourth-order valence-electron chi connectivity index (χ4n) is 0.616. The van der Waals surface area contributed by atoms with Crippen LogP contribution in [0.15, 0.2) is 6.07 Å². The molecule has 62 valence electrons. The van der Waals surface area contributed by atoms with E-state index in [1.807, 2.05) is 4.72 Å². The van der Waals surface area contributed by atoms with Gasteiger partial charge in [-0.1, -0.05) is 0 Å². The van der Waals surface area contributed by atoms with E-state index in [0.29, 0.717) is 0 Å². The molecule has 0 aliphatic carbocycles. The Bertz CT molecular complexity index is 341. The van der Waals surface area contributed by atoms with Crippen molar-refractivity contribution in [1.29, 1.82) is 0 Å². The highest BCUT2D eigenvalue weighted by Crippen LogP contribution is 2.03. The third-order valence-corrected chi connectivity index (χ3v) is 1.45. The summed E-state index contributed by atoms with van der Waals surface area (Å²) in [6, 6.07) is 1.53. The first-order chi connectivity index (χ1) is 4.97. The lowest BCUT2D eigenvalue weighted by atomic mass is 10.5. The summed E-state index contributed by atoms with van der Waals surface area (Å²) < 4.78 is 22.9. The Kier molecular flexibility index (Phi) is 1.83. The smallest absolute Gasteiger partial charge is 0.281 e. The Labute approximate surface area is 64.0 Å². The minimum atomic E-state index is -3.70. The van der Waals surface area contributed by atoms with Gasteiger partial charge in [0.05, 0.1) is 0 Å². The van der Waals surface area contributed by atoms with Crippen LogP contribution < -0.4 is 9.86 Å². The summed E-state index contributed by atoms with van der Waals surface area (Å²) in [6.07, 6.45) is 0. The zero-order valence-corrected chi connectivity index (χ0v) is 6.64. The predicted octanol–water partition coefficient (Wildman–Crippen LogP) is -0.666. The Morgan fingerprint density at radius 2 is 2.36 bits per heavy atom. The Balaban J connectivity index is 2.81. The summed E-state index contributed by atoms with van der Waals surface area (Å²) in [7, 11) is -3.70. The highest BCUT2D eigenvalue weighted by Gasteiger charge is 2.03. The van der Waals surface area contributed by atoms with Crippen LogP contribution in [-0.4, -0.2) is 18.6 Å². The zero-order valence-electron chi connectivity index (χ0n) is 5.83. The lowest BCUT2D eigenvalue weighted by Crippen LogP contribution is -2.21. The molecule has 0 radical (unpaired) electrons. The molecule has 6 nitrogen and oxygen atoms in total. The number of H-pyrrole nitrogens is 1. The summed E-state index contributed by atoms with van der Waals surface area (Å²) in [5.41, 5.74) is 0.760. The van der Waals surface area contributed by atoms with Crippen LogP contribution in [0, 0.1) is 6.92 Å². The van der Waals surface area contributed by atoms with Crippen LogP contribution >= 0.6 is 0 Å². The molecule has 1 rings (SSSR count). The monoisotopic (exact) mass is 176 g/mol. The van der Waals surface area contributed by atoms with Gasteiger partial charge in [0.2, 0.25) is 0 Å². The van der Waals surface area contributed by atoms with Crippen molar-refractivity contribution in [3.63, 3.8) is 0 Å². The second kappa shape index (κ2) is 2.51. The van der Waals surface area contributed by atoms with Crippen LogP contribution in [0.1, 0.15) is 5.69 Å². The van der Waals surface area contributed by atoms with Gasteiger partial charge >= 0.3 is 0 Å². The SMILES string of the molecule is Cc1cc(NS(N)(=O)=O)n[nH]1. The van der Waals surface area contributed by atoms with Crippen molar-refractivity contribution in [3.8, 4) is 0 Å². The first-order valence-electron chi connectivity index (χ1n) is 2.80. The second-order valence-corrected chi connectivity index (χ2v) is 3.38. The third-order valence-electron chi connectivity index (χ3n) is 0.953. The molecule has 1 heterocycles. The van der Waals surface area contributed by atoms with E-state index in [1.165, 1.54) is 6.07 Å². The zero-order chi connectivity index (χ0) is 8.48. The number of aromatic amines is 1. The molecule has 0 spiro atoms. The van der Waals surface area contributed by atoms with Gasteiger partial charge in [0.1, 0.15) is 0 Å². The molecule has 0 unspecified atom stereocenters. The molecule has 1 aromatic rings. The predicted molar refractivity (Wildman–Crippen MR) is 40.1 cm³/mol. The topological polar surface area (TPSA) is 101 Å². The molecule has 7 heteroatoms. The highest BCUT2D eigenvalue weighted by molar-refractivity contribution is 7.90. The van der Waals surface area contributed by atoms with Gasteiger partial charge in [0, 0.05) is 11.8 Å². The van der Waals surface area contributed by atoms with E-state index in [4.69, 9.17) is 0 Å². The normalized spacial score (nSPS) is 11.5. The van der Waals surface area contributed by atoms with Crippen molar-refractivity contribution in [3.05, 3.63) is 11.8 Å². The highest BCUT2D eigenvalue weighted by atomic mass is 32.2. The van der Waals surface area contributed by atoms with Gasteiger partial charge in [0.15, 0.2) is 5.82 Å². The average molecular weight is 176 g/mol. The molecule has 0 aliphatic rings. The molecule has 0 amide bonds. The standard InChI is InChI=1S/C4H8N4O2S/c1-3-2-4(7-6-3)8-11(5,9)10/h2H,1H3,(H2,5,9,10)(H2,6,7,8). The maximum absolute atomic E-state index is 10.4. The van der Waals surface area contributed by atoms with Crippen LogP contribution in [-0.2, 0) is 10.2 Å². The lowest BCUT2D eigenvalue weighted by molar-refractivity contribution is 0.602. The second-order valence-electron chi connectivity index (χ2n) is 2.08. The lowest BCUT2D eigenvalue weighted by Gasteiger charge is -1.95. The summed E-state index contributed by atoms with van der Waals surface area (Å²) >= 11 is 0. The molecule has 0 fully saturated rings. The number of aryl methyl sites for hydroxylation is 1. The Morgan fingerprint density at radius 1 is 1.73 bits per heavy atom. The largest absolute Gasteiger partial charge is 0.297 e. The fraction of sp³-hybridized carbons (Fsp3) is 0.250. The van der Waals surface area contributed by atoms with E-state index in [-0.39, 0.29) is 5.82 Å². The van der Waals surface area contributed by atoms with E-state index >= 15 is 0 Å². The van der Waals surface area contributed by atoms with Crippen molar-refractivity contribution in [2.75, 3.05) is 4.72 Å². The number of hydrogen-bond donors (Lipinski definition) is 3. The first kappa shape index (κ1) is 8.02. The number of anilines is 1. The van der Waals surface area contributed by atoms with Gasteiger partial charge in [0.25, 0.3) is 10.2 Å². The minimum Gasteiger partial charge on any atom is -0.281 e. The number of rotatable bonds is 2. The van der Waals surface area contributed by atoms with E-state index in [9.17, 15) is 8.42 Å². The van der Waals surface area contributed by atoms with Crippen LogP contribution in [0.3, 0.4) is 0 Å². The Morgan fingerprint density at radius 3 is 2.73 bits per heavy atom. The molecule has 0 aliphatic heterocycles. The van der Waals surface area contributed by atoms with Crippen molar-refractivity contribution in [2.24, 2.45) is 5.14 Å². The third kappa shape index (κ3) is 2.56. The number of aromatic nitrogens is 2. The Hall–Kier alpha value is -1.08. The van der Waals surface area contributed by atoms with Gasteiger partial charge in [-0.3, -0.25) is 9.82 Å². The van der Waals surface area contributed by atoms with Gasteiger partial charge in [-0.25, -0.2) is 5.14 Å². The minimum absolute atomic E-state index is 0.199. The molecule has 4 N–H and O–H groups in total. The van der Waals surface area contributed by atoms with Crippen LogP contribution in [0.25, 0.3) is 0 Å². The van der Waals surface area contributed by atoms with Crippen LogP contribution in [0.5, 0.6) is 0 Å². The number of nitrogens with two attached hydrogens (primary N) is 1. The molecular formula is C4H8N4O2S. The maximum atomic E-state index is 10.4. The number of nitrogens with zero attached hydrogens (tertiary/aromatic N) is 1.